The van der Waals surface area contributed by atoms with Crippen LogP contribution >= 0.6 is 11.3 Å². The number of esters is 1. The summed E-state index contributed by atoms with van der Waals surface area (Å²) >= 11 is 1.48. The van der Waals surface area contributed by atoms with E-state index in [4.69, 9.17) is 18.9 Å². The van der Waals surface area contributed by atoms with Crippen LogP contribution in [0.1, 0.15) is 42.0 Å². The minimum absolute atomic E-state index is 0.0580. The van der Waals surface area contributed by atoms with Crippen molar-refractivity contribution in [3.8, 4) is 17.2 Å². The monoisotopic (exact) mass is 485 g/mol. The van der Waals surface area contributed by atoms with Crippen LogP contribution in [0.2, 0.25) is 0 Å². The molecule has 2 heterocycles. The zero-order valence-electron chi connectivity index (χ0n) is 19.5. The van der Waals surface area contributed by atoms with Crippen molar-refractivity contribution in [2.24, 2.45) is 5.92 Å². The first-order valence-corrected chi connectivity index (χ1v) is 11.9. The fourth-order valence-corrected chi connectivity index (χ4v) is 5.68. The van der Waals surface area contributed by atoms with Crippen molar-refractivity contribution in [2.75, 3.05) is 27.9 Å². The first-order chi connectivity index (χ1) is 16.4. The van der Waals surface area contributed by atoms with Crippen molar-refractivity contribution in [3.63, 3.8) is 0 Å². The van der Waals surface area contributed by atoms with Crippen molar-refractivity contribution in [2.45, 2.75) is 31.6 Å². The van der Waals surface area contributed by atoms with Gasteiger partial charge in [-0.05, 0) is 42.5 Å². The molecule has 0 radical (unpaired) electrons. The van der Waals surface area contributed by atoms with E-state index in [1.54, 1.807) is 19.1 Å². The molecule has 0 saturated heterocycles. The molecule has 1 N–H and O–H groups in total. The molecular formula is C25H27NO7S. The van der Waals surface area contributed by atoms with Crippen LogP contribution in [0.4, 0.5) is 0 Å². The lowest BCUT2D eigenvalue weighted by atomic mass is 9.69. The topological polar surface area (TPSA) is 100 Å². The Labute approximate surface area is 201 Å². The fraction of sp³-hybridized carbons (Fsp3) is 0.400. The van der Waals surface area contributed by atoms with E-state index in [-0.39, 0.29) is 24.7 Å². The van der Waals surface area contributed by atoms with Crippen LogP contribution in [-0.4, -0.2) is 45.6 Å². The molecule has 34 heavy (non-hydrogen) atoms. The van der Waals surface area contributed by atoms with Crippen molar-refractivity contribution < 1.29 is 33.3 Å². The zero-order valence-corrected chi connectivity index (χ0v) is 20.3. The first-order valence-electron chi connectivity index (χ1n) is 11.0. The molecule has 0 unspecified atom stereocenters. The molecule has 1 aromatic heterocycles. The Morgan fingerprint density at radius 1 is 1.09 bits per heavy atom. The molecule has 1 amide bonds. The Morgan fingerprint density at radius 2 is 1.79 bits per heavy atom. The molecule has 0 spiro atoms. The van der Waals surface area contributed by atoms with Gasteiger partial charge in [0.2, 0.25) is 11.7 Å². The SMILES string of the molecule is CCOC(=O)[C@@H]1C(=O)C2=C(C[C@H]1c1cccs1)NC(=O)C[C@H]2c1cc(OC)c(OC)c(OC)c1. The highest BCUT2D eigenvalue weighted by Gasteiger charge is 2.48. The number of carbonyl (C=O) groups is 3. The lowest BCUT2D eigenvalue weighted by Gasteiger charge is -2.37. The van der Waals surface area contributed by atoms with Crippen molar-refractivity contribution in [1.29, 1.82) is 0 Å². The number of carbonyl (C=O) groups excluding carboxylic acids is 3. The second kappa shape index (κ2) is 9.89. The summed E-state index contributed by atoms with van der Waals surface area (Å²) in [5.74, 6) is -1.73. The summed E-state index contributed by atoms with van der Waals surface area (Å²) in [7, 11) is 4.52. The molecule has 1 aliphatic heterocycles. The Bertz CT molecular complexity index is 1110. The molecule has 0 saturated carbocycles. The predicted octanol–water partition coefficient (Wildman–Crippen LogP) is 3.57. The number of benzene rings is 1. The van der Waals surface area contributed by atoms with Crippen LogP contribution in [0.3, 0.4) is 0 Å². The third-order valence-corrected chi connectivity index (χ3v) is 7.27. The van der Waals surface area contributed by atoms with E-state index in [0.717, 1.165) is 4.88 Å². The number of allylic oxidation sites excluding steroid dienone is 2. The maximum atomic E-state index is 13.9. The lowest BCUT2D eigenvalue weighted by molar-refractivity contribution is -0.152. The molecule has 3 atom stereocenters. The number of ketones is 1. The number of nitrogens with one attached hydrogen (secondary N) is 1. The van der Waals surface area contributed by atoms with Crippen LogP contribution in [0.15, 0.2) is 40.9 Å². The van der Waals surface area contributed by atoms with Gasteiger partial charge < -0.3 is 24.3 Å². The quantitative estimate of drug-likeness (QED) is 0.473. The van der Waals surface area contributed by atoms with Gasteiger partial charge in [-0.3, -0.25) is 14.4 Å². The van der Waals surface area contributed by atoms with Gasteiger partial charge in [0.05, 0.1) is 27.9 Å². The molecule has 1 aliphatic carbocycles. The number of hydrogen-bond donors (Lipinski definition) is 1. The Balaban J connectivity index is 1.85. The van der Waals surface area contributed by atoms with Gasteiger partial charge in [0.1, 0.15) is 5.92 Å². The molecule has 8 nitrogen and oxygen atoms in total. The van der Waals surface area contributed by atoms with Gasteiger partial charge in [0.15, 0.2) is 17.3 Å². The van der Waals surface area contributed by atoms with Crippen LogP contribution in [0.5, 0.6) is 17.2 Å². The third kappa shape index (κ3) is 4.16. The zero-order chi connectivity index (χ0) is 24.4. The molecule has 1 aromatic carbocycles. The van der Waals surface area contributed by atoms with E-state index < -0.39 is 23.7 Å². The number of amides is 1. The summed E-state index contributed by atoms with van der Waals surface area (Å²) in [6, 6.07) is 7.27. The maximum absolute atomic E-state index is 13.9. The minimum Gasteiger partial charge on any atom is -0.493 e. The van der Waals surface area contributed by atoms with Crippen LogP contribution in [-0.2, 0) is 19.1 Å². The number of rotatable bonds is 7. The smallest absolute Gasteiger partial charge is 0.317 e. The number of thiophene rings is 1. The van der Waals surface area contributed by atoms with Crippen molar-refractivity contribution in [1.82, 2.24) is 5.32 Å². The second-order valence-corrected chi connectivity index (χ2v) is 9.06. The van der Waals surface area contributed by atoms with Crippen molar-refractivity contribution in [3.05, 3.63) is 51.4 Å². The molecule has 2 aliphatic rings. The maximum Gasteiger partial charge on any atom is 0.317 e. The lowest BCUT2D eigenvalue weighted by Crippen LogP contribution is -2.44. The van der Waals surface area contributed by atoms with Gasteiger partial charge >= 0.3 is 5.97 Å². The fourth-order valence-electron chi connectivity index (χ4n) is 4.81. The van der Waals surface area contributed by atoms with Gasteiger partial charge in [-0.1, -0.05) is 6.07 Å². The van der Waals surface area contributed by atoms with Gasteiger partial charge in [-0.25, -0.2) is 0 Å². The number of methoxy groups -OCH3 is 3. The third-order valence-electron chi connectivity index (χ3n) is 6.27. The standard InChI is InChI=1S/C25H27NO7S/c1-5-33-25(29)22-15(19-7-6-8-34-19)11-16-21(23(22)28)14(12-20(27)26-16)13-9-17(30-2)24(32-4)18(10-13)31-3/h6-10,14-15,22H,5,11-12H2,1-4H3,(H,26,27)/t14-,15-,22-/m0/s1. The molecule has 0 fully saturated rings. The van der Waals surface area contributed by atoms with Gasteiger partial charge in [0, 0.05) is 34.4 Å². The van der Waals surface area contributed by atoms with Crippen molar-refractivity contribution >= 4 is 29.0 Å². The molecule has 9 heteroatoms. The Kier molecular flexibility index (Phi) is 6.92. The molecule has 2 aromatic rings. The highest BCUT2D eigenvalue weighted by molar-refractivity contribution is 7.10. The van der Waals surface area contributed by atoms with Crippen LogP contribution in [0.25, 0.3) is 0 Å². The number of ether oxygens (including phenoxy) is 4. The molecule has 180 valence electrons. The minimum atomic E-state index is -0.975. The second-order valence-electron chi connectivity index (χ2n) is 8.08. The van der Waals surface area contributed by atoms with E-state index >= 15 is 0 Å². The largest absolute Gasteiger partial charge is 0.493 e. The molecular weight excluding hydrogens is 458 g/mol. The summed E-state index contributed by atoms with van der Waals surface area (Å²) in [6.07, 6.45) is 0.417. The van der Waals surface area contributed by atoms with E-state index in [0.29, 0.717) is 40.5 Å². The summed E-state index contributed by atoms with van der Waals surface area (Å²) in [5.41, 5.74) is 1.65. The number of Topliss-reactive ketones (excluding diaryl/α,β-unsaturated/α-hetero) is 1. The van der Waals surface area contributed by atoms with E-state index in [1.807, 2.05) is 17.5 Å². The number of hydrogen-bond acceptors (Lipinski definition) is 8. The first kappa shape index (κ1) is 23.8. The van der Waals surface area contributed by atoms with Gasteiger partial charge in [-0.2, -0.15) is 0 Å². The van der Waals surface area contributed by atoms with Gasteiger partial charge in [0.25, 0.3) is 0 Å². The van der Waals surface area contributed by atoms with Crippen LogP contribution < -0.4 is 19.5 Å². The molecule has 4 rings (SSSR count). The van der Waals surface area contributed by atoms with Gasteiger partial charge in [-0.15, -0.1) is 11.3 Å². The van der Waals surface area contributed by atoms with Crippen LogP contribution in [0, 0.1) is 5.92 Å². The Morgan fingerprint density at radius 3 is 2.35 bits per heavy atom. The molecule has 0 bridgehead atoms. The van der Waals surface area contributed by atoms with E-state index in [9.17, 15) is 14.4 Å². The Hall–Kier alpha value is -3.33. The summed E-state index contributed by atoms with van der Waals surface area (Å²) < 4.78 is 21.7. The van der Waals surface area contributed by atoms with E-state index in [2.05, 4.69) is 5.32 Å². The highest BCUT2D eigenvalue weighted by Crippen LogP contribution is 2.48. The summed E-state index contributed by atoms with van der Waals surface area (Å²) in [4.78, 5) is 40.5. The summed E-state index contributed by atoms with van der Waals surface area (Å²) in [5, 5.41) is 4.80. The predicted molar refractivity (Wildman–Crippen MR) is 125 cm³/mol. The average Bonchev–Trinajstić information content (AvgIpc) is 3.37. The normalized spacial score (nSPS) is 22.1. The average molecular weight is 486 g/mol. The highest BCUT2D eigenvalue weighted by atomic mass is 32.1. The summed E-state index contributed by atoms with van der Waals surface area (Å²) in [6.45, 7) is 1.90. The van der Waals surface area contributed by atoms with E-state index in [1.165, 1.54) is 32.7 Å².